The molecule has 1 atom stereocenters. The molecule has 0 radical (unpaired) electrons. The Morgan fingerprint density at radius 1 is 1.06 bits per heavy atom. The molecule has 4 heterocycles. The van der Waals surface area contributed by atoms with E-state index in [0.29, 0.717) is 40.3 Å². The second kappa shape index (κ2) is 8.12. The molecule has 5 rings (SSSR count). The summed E-state index contributed by atoms with van der Waals surface area (Å²) in [6.45, 7) is 7.00. The molecule has 164 valence electrons. The molecular formula is C22H25N9O. The molecule has 0 saturated carbocycles. The third-order valence-electron chi connectivity index (χ3n) is 5.79. The van der Waals surface area contributed by atoms with E-state index in [4.69, 9.17) is 0 Å². The maximum atomic E-state index is 10.7. The van der Waals surface area contributed by atoms with E-state index >= 15 is 0 Å². The van der Waals surface area contributed by atoms with Crippen LogP contribution in [-0.2, 0) is 7.05 Å². The summed E-state index contributed by atoms with van der Waals surface area (Å²) in [6.07, 6.45) is 3.39. The van der Waals surface area contributed by atoms with Gasteiger partial charge in [0, 0.05) is 50.0 Å². The Balaban J connectivity index is 1.38. The number of aromatic hydroxyl groups is 1. The van der Waals surface area contributed by atoms with E-state index in [0.717, 1.165) is 30.8 Å². The Hall–Kier alpha value is -3.66. The van der Waals surface area contributed by atoms with Crippen molar-refractivity contribution in [2.24, 2.45) is 13.0 Å². The van der Waals surface area contributed by atoms with Crippen LogP contribution in [0.15, 0.2) is 36.7 Å². The molecule has 1 aromatic carbocycles. The van der Waals surface area contributed by atoms with Crippen LogP contribution in [0.5, 0.6) is 5.75 Å². The minimum Gasteiger partial charge on any atom is -0.507 e. The summed E-state index contributed by atoms with van der Waals surface area (Å²) in [5, 5.41) is 31.3. The van der Waals surface area contributed by atoms with Crippen molar-refractivity contribution in [3.8, 4) is 28.1 Å². The second-order valence-corrected chi connectivity index (χ2v) is 8.38. The third-order valence-corrected chi connectivity index (χ3v) is 5.79. The first-order valence-electron chi connectivity index (χ1n) is 10.7. The highest BCUT2D eigenvalue weighted by Crippen LogP contribution is 2.32. The van der Waals surface area contributed by atoms with E-state index in [1.165, 1.54) is 4.80 Å². The van der Waals surface area contributed by atoms with Gasteiger partial charge in [0.05, 0.1) is 6.20 Å². The maximum absolute atomic E-state index is 10.7. The number of hydrogen-bond donors (Lipinski definition) is 2. The topological polar surface area (TPSA) is 118 Å². The molecule has 0 aliphatic carbocycles. The van der Waals surface area contributed by atoms with Gasteiger partial charge in [-0.25, -0.2) is 9.97 Å². The number of pyridine rings is 1. The molecule has 1 aliphatic heterocycles. The van der Waals surface area contributed by atoms with Gasteiger partial charge < -0.3 is 15.3 Å². The van der Waals surface area contributed by atoms with Gasteiger partial charge in [0.2, 0.25) is 11.6 Å². The molecule has 0 bridgehead atoms. The van der Waals surface area contributed by atoms with Crippen LogP contribution < -0.4 is 10.2 Å². The first kappa shape index (κ1) is 20.3. The van der Waals surface area contributed by atoms with Crippen LogP contribution in [0.2, 0.25) is 0 Å². The number of rotatable bonds is 4. The zero-order chi connectivity index (χ0) is 22.2. The van der Waals surface area contributed by atoms with Crippen molar-refractivity contribution in [2.45, 2.75) is 19.9 Å². The fourth-order valence-electron chi connectivity index (χ4n) is 3.94. The van der Waals surface area contributed by atoms with Crippen LogP contribution in [0.4, 0.5) is 5.95 Å². The van der Waals surface area contributed by atoms with E-state index in [-0.39, 0.29) is 5.75 Å². The average Bonchev–Trinajstić information content (AvgIpc) is 3.18. The van der Waals surface area contributed by atoms with Gasteiger partial charge in [-0.3, -0.25) is 0 Å². The lowest BCUT2D eigenvalue weighted by atomic mass is 10.0. The number of phenolic OH excluding ortho intramolecular Hbond substituents is 1. The molecule has 2 N–H and O–H groups in total. The quantitative estimate of drug-likeness (QED) is 0.500. The van der Waals surface area contributed by atoms with Gasteiger partial charge >= 0.3 is 0 Å². The van der Waals surface area contributed by atoms with E-state index in [2.05, 4.69) is 54.4 Å². The van der Waals surface area contributed by atoms with Crippen molar-refractivity contribution in [1.82, 2.24) is 40.5 Å². The number of aryl methyl sites for hydroxylation is 1. The lowest BCUT2D eigenvalue weighted by Crippen LogP contribution is -2.53. The predicted octanol–water partition coefficient (Wildman–Crippen LogP) is 2.02. The molecule has 10 heteroatoms. The van der Waals surface area contributed by atoms with Gasteiger partial charge in [-0.1, -0.05) is 19.9 Å². The molecule has 1 aliphatic rings. The van der Waals surface area contributed by atoms with Crippen molar-refractivity contribution in [1.29, 1.82) is 0 Å². The zero-order valence-electron chi connectivity index (χ0n) is 18.3. The number of piperazine rings is 1. The van der Waals surface area contributed by atoms with Gasteiger partial charge in [-0.2, -0.15) is 9.90 Å². The molecule has 4 aromatic rings. The Bertz CT molecular complexity index is 1250. The lowest BCUT2D eigenvalue weighted by molar-refractivity contribution is 0.365. The molecule has 1 fully saturated rings. The fourth-order valence-corrected chi connectivity index (χ4v) is 3.94. The predicted molar refractivity (Wildman–Crippen MR) is 121 cm³/mol. The SMILES string of the molecule is CC(C)[C@H]1CN(c2ncc(-c3ccc(-c4cnc5nn(C)nc5c4)cc3O)nn2)CCN1. The summed E-state index contributed by atoms with van der Waals surface area (Å²) in [5.41, 5.74) is 4.06. The van der Waals surface area contributed by atoms with Crippen LogP contribution in [0.3, 0.4) is 0 Å². The maximum Gasteiger partial charge on any atom is 0.245 e. The number of phenols is 1. The standard InChI is InChI=1S/C22H25N9O/c1-13(2)19-12-31(7-6-23-19)22-25-11-18(26-27-22)16-5-4-14(9-20(16)32)15-8-17-21(24-10-15)29-30(3)28-17/h4-5,8-11,13,19,23,32H,6-7,12H2,1-3H3/t19-/m1/s1. The molecule has 0 unspecified atom stereocenters. The summed E-state index contributed by atoms with van der Waals surface area (Å²) < 4.78 is 0. The minimum atomic E-state index is 0.104. The summed E-state index contributed by atoms with van der Waals surface area (Å²) in [7, 11) is 1.76. The van der Waals surface area contributed by atoms with E-state index in [1.807, 2.05) is 18.2 Å². The average molecular weight is 432 g/mol. The fraction of sp³-hybridized carbons (Fsp3) is 0.364. The third kappa shape index (κ3) is 3.84. The second-order valence-electron chi connectivity index (χ2n) is 8.38. The van der Waals surface area contributed by atoms with E-state index in [9.17, 15) is 5.11 Å². The minimum absolute atomic E-state index is 0.104. The van der Waals surface area contributed by atoms with Crippen molar-refractivity contribution >= 4 is 17.1 Å². The number of fused-ring (bicyclic) bond motifs is 1. The van der Waals surface area contributed by atoms with Crippen LogP contribution in [0.25, 0.3) is 33.5 Å². The first-order chi connectivity index (χ1) is 15.5. The smallest absolute Gasteiger partial charge is 0.245 e. The van der Waals surface area contributed by atoms with Crippen LogP contribution >= 0.6 is 0 Å². The Morgan fingerprint density at radius 2 is 1.94 bits per heavy atom. The number of aromatic nitrogens is 7. The Labute approximate surface area is 185 Å². The van der Waals surface area contributed by atoms with Gasteiger partial charge in [-0.05, 0) is 29.7 Å². The van der Waals surface area contributed by atoms with E-state index < -0.39 is 0 Å². The van der Waals surface area contributed by atoms with Crippen molar-refractivity contribution in [3.05, 3.63) is 36.7 Å². The number of hydrogen-bond acceptors (Lipinski definition) is 9. The first-order valence-corrected chi connectivity index (χ1v) is 10.7. The largest absolute Gasteiger partial charge is 0.507 e. The number of nitrogens with zero attached hydrogens (tertiary/aromatic N) is 8. The molecule has 1 saturated heterocycles. The zero-order valence-corrected chi connectivity index (χ0v) is 18.3. The highest BCUT2D eigenvalue weighted by Gasteiger charge is 2.23. The van der Waals surface area contributed by atoms with Crippen molar-refractivity contribution in [2.75, 3.05) is 24.5 Å². The Kier molecular flexibility index (Phi) is 5.14. The van der Waals surface area contributed by atoms with Crippen molar-refractivity contribution < 1.29 is 5.11 Å². The van der Waals surface area contributed by atoms with Gasteiger partial charge in [0.15, 0.2) is 0 Å². The van der Waals surface area contributed by atoms with Crippen LogP contribution in [0.1, 0.15) is 13.8 Å². The van der Waals surface area contributed by atoms with Crippen LogP contribution in [0, 0.1) is 5.92 Å². The highest BCUT2D eigenvalue weighted by molar-refractivity contribution is 5.79. The summed E-state index contributed by atoms with van der Waals surface area (Å²) >= 11 is 0. The van der Waals surface area contributed by atoms with Crippen molar-refractivity contribution in [3.63, 3.8) is 0 Å². The summed E-state index contributed by atoms with van der Waals surface area (Å²) in [6, 6.07) is 7.72. The van der Waals surface area contributed by atoms with E-state index in [1.54, 1.807) is 25.5 Å². The molecule has 3 aromatic heterocycles. The summed E-state index contributed by atoms with van der Waals surface area (Å²) in [5.74, 6) is 1.25. The molecule has 0 spiro atoms. The molecule has 10 nitrogen and oxygen atoms in total. The summed E-state index contributed by atoms with van der Waals surface area (Å²) in [4.78, 5) is 12.5. The molecule has 32 heavy (non-hydrogen) atoms. The Morgan fingerprint density at radius 3 is 2.69 bits per heavy atom. The number of benzene rings is 1. The van der Waals surface area contributed by atoms with Gasteiger partial charge in [0.25, 0.3) is 0 Å². The monoisotopic (exact) mass is 431 g/mol. The lowest BCUT2D eigenvalue weighted by Gasteiger charge is -2.35. The number of anilines is 1. The highest BCUT2D eigenvalue weighted by atomic mass is 16.3. The normalized spacial score (nSPS) is 16.8. The molecule has 0 amide bonds. The molecular weight excluding hydrogens is 406 g/mol. The van der Waals surface area contributed by atoms with Gasteiger partial charge in [-0.15, -0.1) is 15.3 Å². The van der Waals surface area contributed by atoms with Crippen LogP contribution in [-0.4, -0.2) is 65.9 Å². The van der Waals surface area contributed by atoms with Gasteiger partial charge in [0.1, 0.15) is 17.0 Å². The number of nitrogens with one attached hydrogen (secondary N) is 1.